The minimum Gasteiger partial charge on any atom is -0.342 e. The highest BCUT2D eigenvalue weighted by Gasteiger charge is 2.04. The second-order valence-electron chi connectivity index (χ2n) is 3.42. The maximum Gasteiger partial charge on any atom is 0.0410 e. The molecule has 0 fully saturated rings. The molecular weight excluding hydrogens is 262 g/mol. The van der Waals surface area contributed by atoms with Gasteiger partial charge in [0.05, 0.1) is 0 Å². The molecule has 0 saturated heterocycles. The van der Waals surface area contributed by atoms with Gasteiger partial charge in [-0.2, -0.15) is 0 Å². The van der Waals surface area contributed by atoms with Gasteiger partial charge in [0.2, 0.25) is 0 Å². The average Bonchev–Trinajstić information content (AvgIpc) is 2.33. The Bertz CT molecular complexity index is 360. The predicted octanol–water partition coefficient (Wildman–Crippen LogP) is 4.42. The van der Waals surface area contributed by atoms with Gasteiger partial charge in [-0.15, -0.1) is 17.0 Å². The summed E-state index contributed by atoms with van der Waals surface area (Å²) in [5.41, 5.74) is 2.48. The Labute approximate surface area is 107 Å². The van der Waals surface area contributed by atoms with Crippen molar-refractivity contribution in [2.75, 3.05) is 11.4 Å². The smallest absolute Gasteiger partial charge is 0.0410 e. The van der Waals surface area contributed by atoms with Crippen LogP contribution in [0.25, 0.3) is 0 Å². The first-order valence-corrected chi connectivity index (χ1v) is 5.29. The molecule has 0 heterocycles. The summed E-state index contributed by atoms with van der Waals surface area (Å²) in [6.07, 6.45) is 0. The molecule has 1 nitrogen and oxygen atoms in total. The second kappa shape index (κ2) is 6.33. The number of hydrogen-bond donors (Lipinski definition) is 0. The molecule has 2 heteroatoms. The van der Waals surface area contributed by atoms with E-state index in [4.69, 9.17) is 0 Å². The lowest BCUT2D eigenvalue weighted by Gasteiger charge is -2.23. The summed E-state index contributed by atoms with van der Waals surface area (Å²) in [5.74, 6) is 0. The number of anilines is 2. The van der Waals surface area contributed by atoms with Crippen LogP contribution < -0.4 is 4.90 Å². The van der Waals surface area contributed by atoms with Crippen LogP contribution >= 0.6 is 17.0 Å². The molecule has 0 aromatic heterocycles. The van der Waals surface area contributed by atoms with E-state index in [0.29, 0.717) is 0 Å². The molecule has 0 aliphatic carbocycles. The molecule has 0 unspecified atom stereocenters. The largest absolute Gasteiger partial charge is 0.342 e. The molecule has 0 amide bonds. The summed E-state index contributed by atoms with van der Waals surface area (Å²) in [6.45, 7) is 3.15. The van der Waals surface area contributed by atoms with Crippen molar-refractivity contribution in [1.82, 2.24) is 0 Å². The summed E-state index contributed by atoms with van der Waals surface area (Å²) < 4.78 is 0. The van der Waals surface area contributed by atoms with Gasteiger partial charge < -0.3 is 4.90 Å². The molecule has 0 spiro atoms. The minimum atomic E-state index is 0. The number of nitrogens with zero attached hydrogens (tertiary/aromatic N) is 1. The summed E-state index contributed by atoms with van der Waals surface area (Å²) in [6, 6.07) is 20.9. The van der Waals surface area contributed by atoms with Gasteiger partial charge >= 0.3 is 0 Å². The Morgan fingerprint density at radius 2 is 1.12 bits per heavy atom. The van der Waals surface area contributed by atoms with E-state index >= 15 is 0 Å². The SMILES string of the molecule is Br.CCN(c1ccccc1)c1ccccc1. The topological polar surface area (TPSA) is 3.24 Å². The Kier molecular flexibility index (Phi) is 5.06. The van der Waals surface area contributed by atoms with Crippen LogP contribution in [0.4, 0.5) is 11.4 Å². The van der Waals surface area contributed by atoms with Crippen LogP contribution in [0.5, 0.6) is 0 Å². The highest BCUT2D eigenvalue weighted by Crippen LogP contribution is 2.23. The third-order valence-corrected chi connectivity index (χ3v) is 2.45. The first-order valence-electron chi connectivity index (χ1n) is 5.29. The maximum atomic E-state index is 2.29. The Hall–Kier alpha value is -1.28. The van der Waals surface area contributed by atoms with Gasteiger partial charge in [0.15, 0.2) is 0 Å². The summed E-state index contributed by atoms with van der Waals surface area (Å²) in [7, 11) is 0. The van der Waals surface area contributed by atoms with Crippen LogP contribution in [0.15, 0.2) is 60.7 Å². The van der Waals surface area contributed by atoms with Crippen molar-refractivity contribution < 1.29 is 0 Å². The first-order chi connectivity index (χ1) is 7.42. The molecule has 0 bridgehead atoms. The Morgan fingerprint density at radius 3 is 1.44 bits per heavy atom. The fraction of sp³-hybridized carbons (Fsp3) is 0.143. The fourth-order valence-corrected chi connectivity index (χ4v) is 1.73. The van der Waals surface area contributed by atoms with E-state index in [-0.39, 0.29) is 17.0 Å². The second-order valence-corrected chi connectivity index (χ2v) is 3.42. The molecule has 2 rings (SSSR count). The maximum absolute atomic E-state index is 2.29. The number of rotatable bonds is 3. The van der Waals surface area contributed by atoms with Crippen molar-refractivity contribution in [2.45, 2.75) is 6.92 Å². The monoisotopic (exact) mass is 277 g/mol. The fourth-order valence-electron chi connectivity index (χ4n) is 1.73. The van der Waals surface area contributed by atoms with Gasteiger partial charge in [0.1, 0.15) is 0 Å². The zero-order valence-electron chi connectivity index (χ0n) is 9.34. The lowest BCUT2D eigenvalue weighted by Crippen LogP contribution is -2.15. The molecule has 2 aromatic rings. The predicted molar refractivity (Wildman–Crippen MR) is 75.9 cm³/mol. The van der Waals surface area contributed by atoms with E-state index in [1.807, 2.05) is 12.1 Å². The quantitative estimate of drug-likeness (QED) is 0.803. The molecule has 0 aliphatic heterocycles. The standard InChI is InChI=1S/C14H15N.BrH/c1-2-15(13-9-5-3-6-10-13)14-11-7-4-8-12-14;/h3-12H,2H2,1H3;1H. The van der Waals surface area contributed by atoms with E-state index in [0.717, 1.165) is 6.54 Å². The van der Waals surface area contributed by atoms with Gasteiger partial charge in [0, 0.05) is 17.9 Å². The number of halogens is 1. The van der Waals surface area contributed by atoms with Gasteiger partial charge in [-0.25, -0.2) is 0 Å². The van der Waals surface area contributed by atoms with Crippen molar-refractivity contribution in [3.63, 3.8) is 0 Å². The molecule has 2 aromatic carbocycles. The minimum absolute atomic E-state index is 0. The van der Waals surface area contributed by atoms with Crippen molar-refractivity contribution in [3.8, 4) is 0 Å². The van der Waals surface area contributed by atoms with Gasteiger partial charge in [-0.1, -0.05) is 36.4 Å². The van der Waals surface area contributed by atoms with Crippen molar-refractivity contribution >= 4 is 28.4 Å². The van der Waals surface area contributed by atoms with Gasteiger partial charge in [0.25, 0.3) is 0 Å². The lowest BCUT2D eigenvalue weighted by atomic mass is 10.2. The zero-order chi connectivity index (χ0) is 10.5. The van der Waals surface area contributed by atoms with Crippen LogP contribution in [-0.2, 0) is 0 Å². The van der Waals surface area contributed by atoms with E-state index in [1.54, 1.807) is 0 Å². The highest BCUT2D eigenvalue weighted by atomic mass is 79.9. The molecule has 0 radical (unpaired) electrons. The summed E-state index contributed by atoms with van der Waals surface area (Å²) in [5, 5.41) is 0. The average molecular weight is 278 g/mol. The van der Waals surface area contributed by atoms with Crippen LogP contribution in [0.1, 0.15) is 6.92 Å². The normalized spacial score (nSPS) is 9.31. The van der Waals surface area contributed by atoms with E-state index in [1.165, 1.54) is 11.4 Å². The molecule has 0 atom stereocenters. The van der Waals surface area contributed by atoms with Gasteiger partial charge in [-0.3, -0.25) is 0 Å². The molecule has 0 saturated carbocycles. The third-order valence-electron chi connectivity index (χ3n) is 2.45. The van der Waals surface area contributed by atoms with Gasteiger partial charge in [-0.05, 0) is 31.2 Å². The summed E-state index contributed by atoms with van der Waals surface area (Å²) >= 11 is 0. The number of benzene rings is 2. The van der Waals surface area contributed by atoms with Crippen LogP contribution in [0.3, 0.4) is 0 Å². The van der Waals surface area contributed by atoms with Crippen molar-refractivity contribution in [2.24, 2.45) is 0 Å². The molecule has 0 N–H and O–H groups in total. The molecule has 0 aliphatic rings. The van der Waals surface area contributed by atoms with Crippen LogP contribution in [0, 0.1) is 0 Å². The van der Waals surface area contributed by atoms with E-state index in [9.17, 15) is 0 Å². The van der Waals surface area contributed by atoms with Crippen molar-refractivity contribution in [1.29, 1.82) is 0 Å². The molecule has 16 heavy (non-hydrogen) atoms. The Balaban J connectivity index is 0.00000128. The third kappa shape index (κ3) is 2.86. The first kappa shape index (κ1) is 12.8. The number of hydrogen-bond acceptors (Lipinski definition) is 1. The van der Waals surface area contributed by atoms with E-state index in [2.05, 4.69) is 60.4 Å². The molecule has 84 valence electrons. The lowest BCUT2D eigenvalue weighted by molar-refractivity contribution is 1.02. The van der Waals surface area contributed by atoms with Crippen LogP contribution in [0.2, 0.25) is 0 Å². The van der Waals surface area contributed by atoms with Crippen molar-refractivity contribution in [3.05, 3.63) is 60.7 Å². The zero-order valence-corrected chi connectivity index (χ0v) is 11.0. The number of para-hydroxylation sites is 2. The Morgan fingerprint density at radius 1 is 0.750 bits per heavy atom. The summed E-state index contributed by atoms with van der Waals surface area (Å²) in [4.78, 5) is 2.29. The van der Waals surface area contributed by atoms with Crippen LogP contribution in [-0.4, -0.2) is 6.54 Å². The highest BCUT2D eigenvalue weighted by molar-refractivity contribution is 8.93. The molecular formula is C14H16BrN. The van der Waals surface area contributed by atoms with E-state index < -0.39 is 0 Å².